The van der Waals surface area contributed by atoms with E-state index in [1.807, 2.05) is 31.2 Å². The number of carbonyl (C=O) groups is 1. The molecule has 0 aliphatic heterocycles. The number of benzene rings is 1. The normalized spacial score (nSPS) is 12.2. The van der Waals surface area contributed by atoms with Gasteiger partial charge in [0.05, 0.1) is 23.7 Å². The molecular weight excluding hydrogens is 306 g/mol. The van der Waals surface area contributed by atoms with Gasteiger partial charge in [-0.3, -0.25) is 9.59 Å². The Balaban J connectivity index is 1.59. The van der Waals surface area contributed by atoms with Crippen LogP contribution < -0.4 is 10.9 Å². The van der Waals surface area contributed by atoms with Gasteiger partial charge in [-0.25, -0.2) is 4.98 Å². The Labute approximate surface area is 138 Å². The summed E-state index contributed by atoms with van der Waals surface area (Å²) in [7, 11) is 0. The van der Waals surface area contributed by atoms with E-state index in [0.29, 0.717) is 36.1 Å². The number of H-pyrrole nitrogens is 1. The number of aromatic nitrogens is 2. The summed E-state index contributed by atoms with van der Waals surface area (Å²) in [6.07, 6.45) is 2.47. The molecule has 1 atom stereocenters. The van der Waals surface area contributed by atoms with Gasteiger partial charge in [-0.15, -0.1) is 0 Å². The molecule has 2 aromatic heterocycles. The molecule has 0 spiro atoms. The average molecular weight is 325 g/mol. The Kier molecular flexibility index (Phi) is 4.74. The summed E-state index contributed by atoms with van der Waals surface area (Å²) in [5, 5.41) is 3.39. The Hall–Kier alpha value is -2.89. The van der Waals surface area contributed by atoms with Crippen LogP contribution in [0.15, 0.2) is 51.9 Å². The van der Waals surface area contributed by atoms with Gasteiger partial charge >= 0.3 is 0 Å². The summed E-state index contributed by atoms with van der Waals surface area (Å²) < 4.78 is 5.17. The second-order valence-corrected chi connectivity index (χ2v) is 5.90. The van der Waals surface area contributed by atoms with Gasteiger partial charge in [0.15, 0.2) is 0 Å². The summed E-state index contributed by atoms with van der Waals surface area (Å²) in [6.45, 7) is 2.34. The summed E-state index contributed by atoms with van der Waals surface area (Å²) in [5.41, 5.74) is 0.524. The number of nitrogens with zero attached hydrogens (tertiary/aromatic N) is 1. The highest BCUT2D eigenvalue weighted by Crippen LogP contribution is 2.11. The van der Waals surface area contributed by atoms with Crippen molar-refractivity contribution >= 4 is 16.8 Å². The fraction of sp³-hybridized carbons (Fsp3) is 0.278. The van der Waals surface area contributed by atoms with Gasteiger partial charge in [0.2, 0.25) is 5.91 Å². The van der Waals surface area contributed by atoms with E-state index < -0.39 is 0 Å². The standard InChI is InChI=1S/C18H19N3O3/c1-12(10-17(22)19-11-13-5-4-8-24-13)9-16-20-15-7-3-2-6-14(15)18(23)21-16/h2-8,12H,9-11H2,1H3,(H,19,22)(H,20,21,23). The van der Waals surface area contributed by atoms with E-state index in [1.165, 1.54) is 0 Å². The van der Waals surface area contributed by atoms with E-state index in [4.69, 9.17) is 4.42 Å². The second-order valence-electron chi connectivity index (χ2n) is 5.90. The molecule has 2 N–H and O–H groups in total. The largest absolute Gasteiger partial charge is 0.467 e. The van der Waals surface area contributed by atoms with Crippen LogP contribution in [0.25, 0.3) is 10.9 Å². The zero-order chi connectivity index (χ0) is 16.9. The molecule has 0 aliphatic rings. The van der Waals surface area contributed by atoms with Crippen LogP contribution in [-0.4, -0.2) is 15.9 Å². The molecule has 1 amide bonds. The Bertz CT molecular complexity index is 884. The highest BCUT2D eigenvalue weighted by atomic mass is 16.3. The van der Waals surface area contributed by atoms with Crippen LogP contribution in [-0.2, 0) is 17.8 Å². The number of furan rings is 1. The summed E-state index contributed by atoms with van der Waals surface area (Å²) >= 11 is 0. The van der Waals surface area contributed by atoms with Crippen molar-refractivity contribution in [3.05, 3.63) is 64.6 Å². The minimum Gasteiger partial charge on any atom is -0.467 e. The maximum Gasteiger partial charge on any atom is 0.258 e. The Morgan fingerprint density at radius 2 is 2.12 bits per heavy atom. The zero-order valence-electron chi connectivity index (χ0n) is 13.4. The van der Waals surface area contributed by atoms with Crippen LogP contribution in [0, 0.1) is 5.92 Å². The van der Waals surface area contributed by atoms with E-state index in [9.17, 15) is 9.59 Å². The molecule has 0 saturated carbocycles. The highest BCUT2D eigenvalue weighted by Gasteiger charge is 2.12. The number of fused-ring (bicyclic) bond motifs is 1. The first-order valence-corrected chi connectivity index (χ1v) is 7.89. The van der Waals surface area contributed by atoms with Crippen LogP contribution in [0.4, 0.5) is 0 Å². The summed E-state index contributed by atoms with van der Waals surface area (Å²) in [6, 6.07) is 10.8. The van der Waals surface area contributed by atoms with Gasteiger partial charge < -0.3 is 14.7 Å². The predicted molar refractivity (Wildman–Crippen MR) is 90.4 cm³/mol. The zero-order valence-corrected chi connectivity index (χ0v) is 13.4. The number of para-hydroxylation sites is 1. The fourth-order valence-corrected chi connectivity index (χ4v) is 2.62. The maximum absolute atomic E-state index is 12.1. The van der Waals surface area contributed by atoms with Gasteiger partial charge in [-0.2, -0.15) is 0 Å². The molecule has 0 bridgehead atoms. The lowest BCUT2D eigenvalue weighted by Crippen LogP contribution is -2.25. The van der Waals surface area contributed by atoms with Crippen molar-refractivity contribution in [1.29, 1.82) is 0 Å². The minimum atomic E-state index is -0.148. The van der Waals surface area contributed by atoms with Crippen LogP contribution >= 0.6 is 0 Å². The van der Waals surface area contributed by atoms with Crippen LogP contribution in [0.5, 0.6) is 0 Å². The quantitative estimate of drug-likeness (QED) is 0.728. The van der Waals surface area contributed by atoms with Gasteiger partial charge in [-0.1, -0.05) is 19.1 Å². The molecule has 6 nitrogen and oxygen atoms in total. The van der Waals surface area contributed by atoms with Gasteiger partial charge in [-0.05, 0) is 30.2 Å². The van der Waals surface area contributed by atoms with Gasteiger partial charge in [0.1, 0.15) is 11.6 Å². The Morgan fingerprint density at radius 3 is 2.92 bits per heavy atom. The van der Waals surface area contributed by atoms with Crippen molar-refractivity contribution in [3.8, 4) is 0 Å². The Morgan fingerprint density at radius 1 is 1.29 bits per heavy atom. The second kappa shape index (κ2) is 7.12. The first-order chi connectivity index (χ1) is 11.6. The highest BCUT2D eigenvalue weighted by molar-refractivity contribution is 5.77. The van der Waals surface area contributed by atoms with Gasteiger partial charge in [0.25, 0.3) is 5.56 Å². The average Bonchev–Trinajstić information content (AvgIpc) is 3.06. The number of rotatable bonds is 6. The summed E-state index contributed by atoms with van der Waals surface area (Å²) in [5.74, 6) is 1.33. The van der Waals surface area contributed by atoms with Crippen molar-refractivity contribution in [2.45, 2.75) is 26.3 Å². The van der Waals surface area contributed by atoms with Crippen molar-refractivity contribution in [1.82, 2.24) is 15.3 Å². The lowest BCUT2D eigenvalue weighted by Gasteiger charge is -2.11. The first kappa shape index (κ1) is 16.0. The van der Waals surface area contributed by atoms with Crippen molar-refractivity contribution in [2.75, 3.05) is 0 Å². The molecule has 0 aliphatic carbocycles. The van der Waals surface area contributed by atoms with Crippen molar-refractivity contribution in [3.63, 3.8) is 0 Å². The van der Waals surface area contributed by atoms with Crippen LogP contribution in [0.3, 0.4) is 0 Å². The SMILES string of the molecule is CC(CC(=O)NCc1ccco1)Cc1nc2ccccc2c(=O)[nH]1. The number of hydrogen-bond acceptors (Lipinski definition) is 4. The van der Waals surface area contributed by atoms with E-state index >= 15 is 0 Å². The third-order valence-electron chi connectivity index (χ3n) is 3.78. The number of amides is 1. The maximum atomic E-state index is 12.1. The lowest BCUT2D eigenvalue weighted by molar-refractivity contribution is -0.122. The fourth-order valence-electron chi connectivity index (χ4n) is 2.62. The van der Waals surface area contributed by atoms with Crippen molar-refractivity contribution in [2.24, 2.45) is 5.92 Å². The smallest absolute Gasteiger partial charge is 0.258 e. The van der Waals surface area contributed by atoms with E-state index in [-0.39, 0.29) is 17.4 Å². The first-order valence-electron chi connectivity index (χ1n) is 7.89. The molecule has 1 aromatic carbocycles. The van der Waals surface area contributed by atoms with Crippen LogP contribution in [0.1, 0.15) is 24.9 Å². The molecule has 3 aromatic rings. The van der Waals surface area contributed by atoms with E-state index in [1.54, 1.807) is 18.4 Å². The molecule has 124 valence electrons. The molecule has 1 unspecified atom stereocenters. The third-order valence-corrected chi connectivity index (χ3v) is 3.78. The molecular formula is C18H19N3O3. The number of hydrogen-bond donors (Lipinski definition) is 2. The minimum absolute atomic E-state index is 0.0537. The molecule has 6 heteroatoms. The molecule has 0 radical (unpaired) electrons. The predicted octanol–water partition coefficient (Wildman–Crippen LogP) is 2.40. The van der Waals surface area contributed by atoms with Gasteiger partial charge in [0, 0.05) is 12.8 Å². The third kappa shape index (κ3) is 3.90. The number of nitrogens with one attached hydrogen (secondary N) is 2. The van der Waals surface area contributed by atoms with Crippen LogP contribution in [0.2, 0.25) is 0 Å². The molecule has 0 saturated heterocycles. The molecule has 24 heavy (non-hydrogen) atoms. The molecule has 0 fully saturated rings. The van der Waals surface area contributed by atoms with E-state index in [0.717, 1.165) is 5.76 Å². The molecule has 3 rings (SSSR count). The summed E-state index contributed by atoms with van der Waals surface area (Å²) in [4.78, 5) is 31.3. The monoisotopic (exact) mass is 325 g/mol. The number of carbonyl (C=O) groups excluding carboxylic acids is 1. The topological polar surface area (TPSA) is 88.0 Å². The van der Waals surface area contributed by atoms with Crippen molar-refractivity contribution < 1.29 is 9.21 Å². The lowest BCUT2D eigenvalue weighted by atomic mass is 10.0. The number of aromatic amines is 1. The van der Waals surface area contributed by atoms with E-state index in [2.05, 4.69) is 15.3 Å². The molecule has 2 heterocycles.